The number of anilines is 2. The number of rotatable bonds is 4. The summed E-state index contributed by atoms with van der Waals surface area (Å²) in [7, 11) is 1.60. The Kier molecular flexibility index (Phi) is 5.08. The molecule has 2 amide bonds. The van der Waals surface area contributed by atoms with E-state index in [2.05, 4.69) is 21.2 Å². The third-order valence-electron chi connectivity index (χ3n) is 4.33. The lowest BCUT2D eigenvalue weighted by atomic mass is 10.1. The van der Waals surface area contributed by atoms with Crippen molar-refractivity contribution < 1.29 is 14.3 Å². The Morgan fingerprint density at radius 3 is 2.60 bits per heavy atom. The van der Waals surface area contributed by atoms with Gasteiger partial charge in [-0.25, -0.2) is 0 Å². The van der Waals surface area contributed by atoms with Crippen LogP contribution in [0.25, 0.3) is 0 Å². The van der Waals surface area contributed by atoms with Gasteiger partial charge in [0, 0.05) is 28.8 Å². The Bertz CT molecular complexity index is 805. The van der Waals surface area contributed by atoms with E-state index in [0.717, 1.165) is 27.2 Å². The van der Waals surface area contributed by atoms with Crippen LogP contribution in [-0.2, 0) is 9.59 Å². The van der Waals surface area contributed by atoms with Crippen LogP contribution in [-0.4, -0.2) is 25.5 Å². The van der Waals surface area contributed by atoms with Crippen molar-refractivity contribution in [3.05, 3.63) is 52.5 Å². The molecule has 3 rings (SSSR count). The smallest absolute Gasteiger partial charge is 0.229 e. The second-order valence-corrected chi connectivity index (χ2v) is 6.97. The molecule has 0 aliphatic carbocycles. The molecule has 6 heteroatoms. The van der Waals surface area contributed by atoms with Crippen molar-refractivity contribution in [1.29, 1.82) is 0 Å². The molecular formula is C19H19BrN2O3. The molecule has 1 saturated heterocycles. The van der Waals surface area contributed by atoms with Crippen molar-refractivity contribution in [3.63, 3.8) is 0 Å². The van der Waals surface area contributed by atoms with Crippen molar-refractivity contribution in [3.8, 4) is 5.75 Å². The number of nitrogens with zero attached hydrogens (tertiary/aromatic N) is 1. The number of methoxy groups -OCH3 is 1. The highest BCUT2D eigenvalue weighted by Gasteiger charge is 2.35. The molecule has 0 bridgehead atoms. The van der Waals surface area contributed by atoms with Crippen molar-refractivity contribution in [2.24, 2.45) is 5.92 Å². The van der Waals surface area contributed by atoms with E-state index in [0.29, 0.717) is 6.54 Å². The molecule has 0 radical (unpaired) electrons. The van der Waals surface area contributed by atoms with Crippen LogP contribution >= 0.6 is 15.9 Å². The lowest BCUT2D eigenvalue weighted by molar-refractivity contribution is -0.122. The molecule has 2 aromatic rings. The van der Waals surface area contributed by atoms with Gasteiger partial charge in [-0.3, -0.25) is 9.59 Å². The van der Waals surface area contributed by atoms with Crippen LogP contribution in [0.1, 0.15) is 12.0 Å². The van der Waals surface area contributed by atoms with Gasteiger partial charge in [0.1, 0.15) is 5.75 Å². The summed E-state index contributed by atoms with van der Waals surface area (Å²) < 4.78 is 6.10. The highest BCUT2D eigenvalue weighted by atomic mass is 79.9. The third kappa shape index (κ3) is 3.85. The molecule has 1 heterocycles. The molecule has 2 aromatic carbocycles. The van der Waals surface area contributed by atoms with Crippen molar-refractivity contribution in [2.45, 2.75) is 13.3 Å². The van der Waals surface area contributed by atoms with E-state index < -0.39 is 0 Å². The van der Waals surface area contributed by atoms with Gasteiger partial charge in [-0.15, -0.1) is 0 Å². The first-order valence-corrected chi connectivity index (χ1v) is 8.78. The van der Waals surface area contributed by atoms with Gasteiger partial charge in [-0.1, -0.05) is 15.9 Å². The van der Waals surface area contributed by atoms with Crippen LogP contribution in [0, 0.1) is 12.8 Å². The van der Waals surface area contributed by atoms with E-state index in [1.54, 1.807) is 24.1 Å². The summed E-state index contributed by atoms with van der Waals surface area (Å²) in [6, 6.07) is 13.0. The molecule has 0 spiro atoms. The van der Waals surface area contributed by atoms with Crippen molar-refractivity contribution in [2.75, 3.05) is 23.9 Å². The minimum atomic E-state index is -0.363. The molecule has 0 saturated carbocycles. The molecule has 5 nitrogen and oxygen atoms in total. The Morgan fingerprint density at radius 2 is 1.96 bits per heavy atom. The topological polar surface area (TPSA) is 58.6 Å². The van der Waals surface area contributed by atoms with Gasteiger partial charge in [0.2, 0.25) is 11.8 Å². The standard InChI is InChI=1S/C19H19BrN2O3/c1-12-9-14(20)3-8-17(12)21-19(24)13-10-18(23)22(11-13)15-4-6-16(25-2)7-5-15/h3-9,13H,10-11H2,1-2H3,(H,21,24)/t13-/m0/s1. The number of carbonyl (C=O) groups excluding carboxylic acids is 2. The maximum absolute atomic E-state index is 12.6. The fourth-order valence-corrected chi connectivity index (χ4v) is 3.37. The normalized spacial score (nSPS) is 16.8. The maximum Gasteiger partial charge on any atom is 0.229 e. The summed E-state index contributed by atoms with van der Waals surface area (Å²) in [5.41, 5.74) is 2.52. The number of hydrogen-bond donors (Lipinski definition) is 1. The second-order valence-electron chi connectivity index (χ2n) is 6.05. The van der Waals surface area contributed by atoms with Gasteiger partial charge in [-0.05, 0) is 55.0 Å². The van der Waals surface area contributed by atoms with Gasteiger partial charge < -0.3 is 15.0 Å². The molecular weight excluding hydrogens is 384 g/mol. The monoisotopic (exact) mass is 402 g/mol. The Labute approximate surface area is 155 Å². The van der Waals surface area contributed by atoms with Crippen LogP contribution in [0.15, 0.2) is 46.9 Å². The number of amides is 2. The number of halogens is 1. The minimum absolute atomic E-state index is 0.0437. The van der Waals surface area contributed by atoms with Crippen molar-refractivity contribution >= 4 is 39.1 Å². The van der Waals surface area contributed by atoms with Crippen LogP contribution in [0.4, 0.5) is 11.4 Å². The summed E-state index contributed by atoms with van der Waals surface area (Å²) in [5, 5.41) is 2.93. The van der Waals surface area contributed by atoms with E-state index >= 15 is 0 Å². The minimum Gasteiger partial charge on any atom is -0.497 e. The summed E-state index contributed by atoms with van der Waals surface area (Å²) in [4.78, 5) is 26.5. The van der Waals surface area contributed by atoms with Gasteiger partial charge in [0.25, 0.3) is 0 Å². The van der Waals surface area contributed by atoms with Gasteiger partial charge in [0.05, 0.1) is 13.0 Å². The Hall–Kier alpha value is -2.34. The van der Waals surface area contributed by atoms with Crippen LogP contribution in [0.5, 0.6) is 5.75 Å². The van der Waals surface area contributed by atoms with Crippen LogP contribution in [0.2, 0.25) is 0 Å². The quantitative estimate of drug-likeness (QED) is 0.846. The number of carbonyl (C=O) groups is 2. The lowest BCUT2D eigenvalue weighted by Crippen LogP contribution is -2.28. The first-order valence-electron chi connectivity index (χ1n) is 7.99. The molecule has 130 valence electrons. The van der Waals surface area contributed by atoms with Gasteiger partial charge in [-0.2, -0.15) is 0 Å². The maximum atomic E-state index is 12.6. The molecule has 25 heavy (non-hydrogen) atoms. The zero-order chi connectivity index (χ0) is 18.0. The zero-order valence-corrected chi connectivity index (χ0v) is 15.7. The number of benzene rings is 2. The molecule has 0 unspecified atom stereocenters. The molecule has 1 aliphatic heterocycles. The summed E-state index contributed by atoms with van der Waals surface area (Å²) in [5.74, 6) is 0.195. The number of nitrogens with one attached hydrogen (secondary N) is 1. The van der Waals surface area contributed by atoms with Crippen LogP contribution < -0.4 is 15.0 Å². The lowest BCUT2D eigenvalue weighted by Gasteiger charge is -2.17. The predicted octanol–water partition coefficient (Wildman–Crippen LogP) is 3.76. The number of aryl methyl sites for hydroxylation is 1. The first kappa shape index (κ1) is 17.5. The van der Waals surface area contributed by atoms with E-state index in [9.17, 15) is 9.59 Å². The second kappa shape index (κ2) is 7.27. The van der Waals surface area contributed by atoms with Gasteiger partial charge >= 0.3 is 0 Å². The Balaban J connectivity index is 1.69. The highest BCUT2D eigenvalue weighted by molar-refractivity contribution is 9.10. The number of hydrogen-bond acceptors (Lipinski definition) is 3. The Morgan fingerprint density at radius 1 is 1.24 bits per heavy atom. The summed E-state index contributed by atoms with van der Waals surface area (Å²) in [6.07, 6.45) is 0.216. The average Bonchev–Trinajstić information content (AvgIpc) is 2.99. The molecule has 1 atom stereocenters. The molecule has 1 N–H and O–H groups in total. The number of ether oxygens (including phenoxy) is 1. The third-order valence-corrected chi connectivity index (χ3v) is 4.82. The zero-order valence-electron chi connectivity index (χ0n) is 14.1. The summed E-state index contributed by atoms with van der Waals surface area (Å²) >= 11 is 3.41. The van der Waals surface area contributed by atoms with E-state index in [1.807, 2.05) is 37.3 Å². The SMILES string of the molecule is COc1ccc(N2C[C@@H](C(=O)Nc3ccc(Br)cc3C)CC2=O)cc1. The van der Waals surface area contributed by atoms with E-state index in [4.69, 9.17) is 4.74 Å². The van der Waals surface area contributed by atoms with Crippen molar-refractivity contribution in [1.82, 2.24) is 0 Å². The fraction of sp³-hybridized carbons (Fsp3) is 0.263. The highest BCUT2D eigenvalue weighted by Crippen LogP contribution is 2.28. The largest absolute Gasteiger partial charge is 0.497 e. The van der Waals surface area contributed by atoms with E-state index in [-0.39, 0.29) is 24.2 Å². The fourth-order valence-electron chi connectivity index (χ4n) is 2.90. The first-order chi connectivity index (χ1) is 12.0. The molecule has 1 aliphatic rings. The predicted molar refractivity (Wildman–Crippen MR) is 101 cm³/mol. The van der Waals surface area contributed by atoms with E-state index in [1.165, 1.54) is 0 Å². The average molecular weight is 403 g/mol. The summed E-state index contributed by atoms with van der Waals surface area (Å²) in [6.45, 7) is 2.32. The van der Waals surface area contributed by atoms with Crippen LogP contribution in [0.3, 0.4) is 0 Å². The molecule has 0 aromatic heterocycles. The molecule has 1 fully saturated rings. The van der Waals surface area contributed by atoms with Gasteiger partial charge in [0.15, 0.2) is 0 Å².